The van der Waals surface area contributed by atoms with Crippen LogP contribution in [0.3, 0.4) is 0 Å². The molecule has 0 radical (unpaired) electrons. The molecular weight excluding hydrogens is 456 g/mol. The molecule has 1 fully saturated rings. The molecule has 6 nitrogen and oxygen atoms in total. The van der Waals surface area contributed by atoms with Crippen LogP contribution in [0.1, 0.15) is 33.9 Å². The minimum Gasteiger partial charge on any atom is -0.377 e. The van der Waals surface area contributed by atoms with Gasteiger partial charge in [0.1, 0.15) is 5.82 Å². The number of hydrogen-bond acceptors (Lipinski definition) is 6. The zero-order valence-corrected chi connectivity index (χ0v) is 23.4. The number of aromatic nitrogens is 1. The number of allylic oxidation sites excluding steroid dienone is 9. The molecule has 37 heavy (non-hydrogen) atoms. The Balaban J connectivity index is 0.00000267. The molecule has 1 aromatic heterocycles. The predicted molar refractivity (Wildman–Crippen MR) is 161 cm³/mol. The molecule has 0 unspecified atom stereocenters. The van der Waals surface area contributed by atoms with Gasteiger partial charge in [0, 0.05) is 78.2 Å². The molecule has 6 heteroatoms. The quantitative estimate of drug-likeness (QED) is 0.439. The Morgan fingerprint density at radius 2 is 1.92 bits per heavy atom. The second kappa shape index (κ2) is 12.4. The van der Waals surface area contributed by atoms with E-state index in [1.54, 1.807) is 0 Å². The zero-order chi connectivity index (χ0) is 26.4. The molecule has 3 aliphatic rings. The fourth-order valence-corrected chi connectivity index (χ4v) is 5.03. The van der Waals surface area contributed by atoms with E-state index in [0.717, 1.165) is 81.4 Å². The molecule has 2 heterocycles. The minimum atomic E-state index is 0. The number of rotatable bonds is 10. The van der Waals surface area contributed by atoms with E-state index < -0.39 is 0 Å². The minimum absolute atomic E-state index is 0. The van der Waals surface area contributed by atoms with Crippen molar-refractivity contribution in [2.75, 3.05) is 72.8 Å². The van der Waals surface area contributed by atoms with Crippen molar-refractivity contribution in [2.24, 2.45) is 0 Å². The summed E-state index contributed by atoms with van der Waals surface area (Å²) in [5.74, 6) is 0.909. The Morgan fingerprint density at radius 3 is 2.65 bits per heavy atom. The first-order valence-corrected chi connectivity index (χ1v) is 13.5. The average molecular weight is 505 g/mol. The largest absolute Gasteiger partial charge is 0.377 e. The molecule has 202 valence electrons. The molecule has 2 aliphatic carbocycles. The van der Waals surface area contributed by atoms with Crippen molar-refractivity contribution in [3.8, 4) is 0 Å². The summed E-state index contributed by atoms with van der Waals surface area (Å²) in [4.78, 5) is 14.4. The van der Waals surface area contributed by atoms with E-state index in [0.29, 0.717) is 0 Å². The lowest BCUT2D eigenvalue weighted by atomic mass is 9.99. The van der Waals surface area contributed by atoms with Crippen LogP contribution < -0.4 is 5.32 Å². The average Bonchev–Trinajstić information content (AvgIpc) is 3.30. The maximum Gasteiger partial charge on any atom is 0.130 e. The van der Waals surface area contributed by atoms with E-state index >= 15 is 0 Å². The molecule has 1 saturated heterocycles. The van der Waals surface area contributed by atoms with Crippen molar-refractivity contribution in [3.63, 3.8) is 0 Å². The first kappa shape index (κ1) is 27.0. The summed E-state index contributed by atoms with van der Waals surface area (Å²) in [6.45, 7) is 12.8. The van der Waals surface area contributed by atoms with E-state index in [9.17, 15) is 0 Å². The van der Waals surface area contributed by atoms with Gasteiger partial charge in [-0.05, 0) is 76.3 Å². The van der Waals surface area contributed by atoms with E-state index in [1.165, 1.54) is 22.4 Å². The Kier molecular flexibility index (Phi) is 9.06. The summed E-state index contributed by atoms with van der Waals surface area (Å²) >= 11 is 0. The van der Waals surface area contributed by atoms with Crippen molar-refractivity contribution in [3.05, 3.63) is 89.1 Å². The maximum absolute atomic E-state index is 5.00. The highest BCUT2D eigenvalue weighted by molar-refractivity contribution is 5.86. The van der Waals surface area contributed by atoms with Crippen LogP contribution in [0.4, 0.5) is 5.82 Å². The van der Waals surface area contributed by atoms with E-state index in [2.05, 4.69) is 115 Å². The fourth-order valence-electron chi connectivity index (χ4n) is 5.03. The van der Waals surface area contributed by atoms with Crippen molar-refractivity contribution < 1.29 is 2.85 Å². The Bertz CT molecular complexity index is 1140. The van der Waals surface area contributed by atoms with Crippen LogP contribution in [0.25, 0.3) is 5.57 Å². The van der Waals surface area contributed by atoms with Crippen molar-refractivity contribution in [1.82, 2.24) is 24.6 Å². The lowest BCUT2D eigenvalue weighted by Crippen LogP contribution is -2.43. The summed E-state index contributed by atoms with van der Waals surface area (Å²) in [5.41, 5.74) is 8.40. The predicted octanol–water partition coefficient (Wildman–Crippen LogP) is 5.24. The first-order chi connectivity index (χ1) is 17.8. The maximum atomic E-state index is 5.00. The van der Waals surface area contributed by atoms with Crippen LogP contribution in [0.15, 0.2) is 77.8 Å². The Morgan fingerprint density at radius 1 is 1.14 bits per heavy atom. The van der Waals surface area contributed by atoms with Gasteiger partial charge >= 0.3 is 0 Å². The number of hydrogen-bond donors (Lipinski definition) is 1. The lowest BCUT2D eigenvalue weighted by Gasteiger charge is -2.34. The molecule has 1 aromatic rings. The molecule has 1 N–H and O–H groups in total. The van der Waals surface area contributed by atoms with Gasteiger partial charge in [-0.1, -0.05) is 30.9 Å². The van der Waals surface area contributed by atoms with Gasteiger partial charge in [-0.25, -0.2) is 4.98 Å². The Hall–Kier alpha value is -3.09. The monoisotopic (exact) mass is 504 g/mol. The number of likely N-dealkylation sites (N-methyl/N-ethyl adjacent to an activating group) is 3. The van der Waals surface area contributed by atoms with Gasteiger partial charge in [-0.2, -0.15) is 0 Å². The third kappa shape index (κ3) is 7.02. The zero-order valence-electron chi connectivity index (χ0n) is 23.4. The van der Waals surface area contributed by atoms with Gasteiger partial charge in [0.05, 0.1) is 5.69 Å². The first-order valence-electron chi connectivity index (χ1n) is 13.5. The highest BCUT2D eigenvalue weighted by Crippen LogP contribution is 2.34. The fraction of sp³-hybridized carbons (Fsp3) is 0.452. The van der Waals surface area contributed by atoms with Crippen molar-refractivity contribution >= 4 is 11.4 Å². The summed E-state index contributed by atoms with van der Waals surface area (Å²) in [7, 11) is 8.61. The molecule has 0 aromatic carbocycles. The molecular formula is C31H48N6. The summed E-state index contributed by atoms with van der Waals surface area (Å²) in [5, 5.41) is 3.57. The van der Waals surface area contributed by atoms with Crippen LogP contribution >= 0.6 is 0 Å². The van der Waals surface area contributed by atoms with Gasteiger partial charge in [0.15, 0.2) is 0 Å². The van der Waals surface area contributed by atoms with Gasteiger partial charge in [0.2, 0.25) is 0 Å². The Labute approximate surface area is 227 Å². The third-order valence-electron chi connectivity index (χ3n) is 7.38. The highest BCUT2D eigenvalue weighted by atomic mass is 15.2. The van der Waals surface area contributed by atoms with E-state index in [4.69, 9.17) is 4.98 Å². The number of anilines is 1. The summed E-state index contributed by atoms with van der Waals surface area (Å²) in [6.07, 6.45) is 16.4. The third-order valence-corrected chi connectivity index (χ3v) is 7.38. The van der Waals surface area contributed by atoms with Crippen LogP contribution in [0.5, 0.6) is 0 Å². The molecule has 0 atom stereocenters. The van der Waals surface area contributed by atoms with Crippen LogP contribution in [0.2, 0.25) is 0 Å². The molecule has 1 aliphatic heterocycles. The van der Waals surface area contributed by atoms with Gasteiger partial charge in [-0.3, -0.25) is 0 Å². The summed E-state index contributed by atoms with van der Waals surface area (Å²) in [6, 6.07) is 4.33. The topological polar surface area (TPSA) is 37.9 Å². The second-order valence-corrected chi connectivity index (χ2v) is 10.6. The number of pyridine rings is 1. The highest BCUT2D eigenvalue weighted by Gasteiger charge is 2.20. The molecule has 0 spiro atoms. The SMILES string of the molecule is C=C(/C=C(\C=C/C)C1=CCc2nc(NC3=CCCC(N(C)CCN(C)C)=C3)ccc21)N1CCN(C)CC1.[HH].[HH]. The standard InChI is InChI=1S/C31H44N6.2H2/c1-7-9-25(22-24(2)37-20-17-35(5)18-21-37)28-12-14-30-29(28)13-15-31(33-30)32-26-10-8-11-27(23-26)36(6)19-16-34(3)4;;/h7,9-10,12-13,15,22-23H,2,8,11,14,16-21H2,1,3-6H3,(H,32,33);2*1H/b9-7-,25-22+;;. The van der Waals surface area contributed by atoms with Gasteiger partial charge < -0.3 is 24.9 Å². The number of nitrogens with one attached hydrogen (secondary N) is 1. The summed E-state index contributed by atoms with van der Waals surface area (Å²) < 4.78 is 0. The van der Waals surface area contributed by atoms with Crippen LogP contribution in [-0.4, -0.2) is 92.0 Å². The smallest absolute Gasteiger partial charge is 0.130 e. The number of nitrogens with zero attached hydrogens (tertiary/aromatic N) is 5. The normalized spacial score (nSPS) is 18.6. The van der Waals surface area contributed by atoms with Crippen molar-refractivity contribution in [1.29, 1.82) is 0 Å². The number of fused-ring (bicyclic) bond motifs is 1. The van der Waals surface area contributed by atoms with Crippen molar-refractivity contribution in [2.45, 2.75) is 26.2 Å². The van der Waals surface area contributed by atoms with Crippen LogP contribution in [-0.2, 0) is 6.42 Å². The molecule has 0 bridgehead atoms. The van der Waals surface area contributed by atoms with Gasteiger partial charge in [0.25, 0.3) is 0 Å². The van der Waals surface area contributed by atoms with E-state index in [-0.39, 0.29) is 2.85 Å². The molecule has 0 saturated carbocycles. The lowest BCUT2D eigenvalue weighted by molar-refractivity contribution is 0.190. The van der Waals surface area contributed by atoms with E-state index in [1.807, 2.05) is 0 Å². The van der Waals surface area contributed by atoms with Crippen LogP contribution in [0, 0.1) is 0 Å². The molecule has 4 rings (SSSR count). The van der Waals surface area contributed by atoms with Gasteiger partial charge in [-0.15, -0.1) is 0 Å². The number of piperazine rings is 1. The second-order valence-electron chi connectivity index (χ2n) is 10.6. The molecule has 0 amide bonds.